The van der Waals surface area contributed by atoms with Crippen molar-refractivity contribution in [2.24, 2.45) is 27.9 Å². The molecule has 0 saturated carbocycles. The lowest BCUT2D eigenvalue weighted by molar-refractivity contribution is -0.141. The van der Waals surface area contributed by atoms with Gasteiger partial charge in [-0.05, 0) is 86.9 Å². The SMILES string of the molecule is Cc1cc(O)cc(C)c1C[C@H](NC(=O)[C@H](N)CCCN=C(N)N)C(=O)N[C@@H](CCCCN)C(=O)N[C@@H](Cc1ccccc1)C(=O)N[C@@H](CS)C(=O)O. The Labute approximate surface area is 309 Å². The number of phenols is 1. The molecule has 2 rings (SSSR count). The van der Waals surface area contributed by atoms with Crippen molar-refractivity contribution in [2.45, 2.75) is 89.0 Å². The molecule has 2 aromatic carbocycles. The molecular formula is C35H53N9O7S. The van der Waals surface area contributed by atoms with E-state index < -0.39 is 59.8 Å². The molecule has 286 valence electrons. The minimum absolute atomic E-state index is 0.00667. The van der Waals surface area contributed by atoms with Gasteiger partial charge >= 0.3 is 5.97 Å². The first-order valence-corrected chi connectivity index (χ1v) is 17.7. The molecule has 0 radical (unpaired) electrons. The van der Waals surface area contributed by atoms with Crippen LogP contribution in [0.4, 0.5) is 0 Å². The van der Waals surface area contributed by atoms with Crippen LogP contribution < -0.4 is 44.2 Å². The quantitative estimate of drug-likeness (QED) is 0.0309. The first kappa shape index (κ1) is 43.3. The maximum absolute atomic E-state index is 14.0. The molecule has 5 atom stereocenters. The summed E-state index contributed by atoms with van der Waals surface area (Å²) in [4.78, 5) is 70.0. The maximum Gasteiger partial charge on any atom is 0.327 e. The molecule has 0 aliphatic carbocycles. The van der Waals surface area contributed by atoms with Gasteiger partial charge in [0, 0.05) is 25.1 Å². The number of nitrogens with two attached hydrogens (primary N) is 4. The Bertz CT molecular complexity index is 1520. The second-order valence-electron chi connectivity index (χ2n) is 12.6. The smallest absolute Gasteiger partial charge is 0.327 e. The van der Waals surface area contributed by atoms with Crippen LogP contribution in [0.5, 0.6) is 5.75 Å². The van der Waals surface area contributed by atoms with Crippen molar-refractivity contribution < 1.29 is 34.2 Å². The lowest BCUT2D eigenvalue weighted by Crippen LogP contribution is -2.59. The largest absolute Gasteiger partial charge is 0.508 e. The first-order chi connectivity index (χ1) is 24.7. The molecule has 17 heteroatoms. The molecule has 16 nitrogen and oxygen atoms in total. The number of aryl methyl sites for hydroxylation is 2. The van der Waals surface area contributed by atoms with Gasteiger partial charge in [0.25, 0.3) is 0 Å². The second kappa shape index (κ2) is 22.1. The Hall–Kier alpha value is -4.87. The van der Waals surface area contributed by atoms with Crippen molar-refractivity contribution in [2.75, 3.05) is 18.8 Å². The van der Waals surface area contributed by atoms with Gasteiger partial charge in [-0.25, -0.2) is 4.79 Å². The van der Waals surface area contributed by atoms with Crippen molar-refractivity contribution in [3.05, 3.63) is 64.7 Å². The van der Waals surface area contributed by atoms with E-state index in [1.54, 1.807) is 44.2 Å². The molecule has 0 fully saturated rings. The van der Waals surface area contributed by atoms with Crippen LogP contribution in [0, 0.1) is 13.8 Å². The first-order valence-electron chi connectivity index (χ1n) is 17.1. The number of unbranched alkanes of at least 4 members (excludes halogenated alkanes) is 1. The number of rotatable bonds is 22. The summed E-state index contributed by atoms with van der Waals surface area (Å²) in [5.74, 6) is -4.26. The van der Waals surface area contributed by atoms with Crippen molar-refractivity contribution in [3.8, 4) is 5.75 Å². The number of nitrogens with zero attached hydrogens (tertiary/aromatic N) is 1. The molecule has 0 aromatic heterocycles. The predicted octanol–water partition coefficient (Wildman–Crippen LogP) is -0.742. The van der Waals surface area contributed by atoms with E-state index in [9.17, 15) is 34.2 Å². The summed E-state index contributed by atoms with van der Waals surface area (Å²) in [6.07, 6.45) is 1.79. The summed E-state index contributed by atoms with van der Waals surface area (Å²) < 4.78 is 0. The van der Waals surface area contributed by atoms with E-state index >= 15 is 0 Å². The second-order valence-corrected chi connectivity index (χ2v) is 12.9. The predicted molar refractivity (Wildman–Crippen MR) is 201 cm³/mol. The van der Waals surface area contributed by atoms with Gasteiger partial charge in [-0.2, -0.15) is 12.6 Å². The number of carboxylic acid groups (broad SMARTS) is 1. The summed E-state index contributed by atoms with van der Waals surface area (Å²) in [6, 6.07) is 6.03. The Morgan fingerprint density at radius 1 is 0.769 bits per heavy atom. The van der Waals surface area contributed by atoms with Gasteiger partial charge in [0.1, 0.15) is 29.9 Å². The Morgan fingerprint density at radius 3 is 1.87 bits per heavy atom. The number of hydrogen-bond donors (Lipinski definition) is 11. The van der Waals surface area contributed by atoms with Gasteiger partial charge in [0.05, 0.1) is 6.04 Å². The van der Waals surface area contributed by atoms with Crippen LogP contribution in [0.3, 0.4) is 0 Å². The molecule has 0 aliphatic heterocycles. The molecule has 14 N–H and O–H groups in total. The number of benzene rings is 2. The minimum Gasteiger partial charge on any atom is -0.508 e. The molecule has 0 aliphatic rings. The standard InChI is InChI=1S/C35H53N9O7S/c1-20-15-23(45)16-21(2)24(20)18-28(42-30(46)25(37)11-8-14-40-35(38)39)33(49)41-26(12-6-7-13-36)31(47)43-27(17-22-9-4-3-5-10-22)32(48)44-29(19-52)34(50)51/h3-5,9-10,15-16,25-29,45,52H,6-8,11-14,17-19,36-37H2,1-2H3,(H,41,49)(H,42,46)(H,43,47)(H,44,48)(H,50,51)(H4,38,39,40)/t25-,26+,27+,28+,29+/m1/s1. The molecule has 2 aromatic rings. The number of phenolic OH excluding ortho intramolecular Hbond substituents is 1. The molecule has 0 spiro atoms. The van der Waals surface area contributed by atoms with Crippen molar-refractivity contribution in [1.29, 1.82) is 0 Å². The zero-order valence-electron chi connectivity index (χ0n) is 29.6. The van der Waals surface area contributed by atoms with Crippen LogP contribution in [0.1, 0.15) is 54.4 Å². The summed E-state index contributed by atoms with van der Waals surface area (Å²) in [5.41, 5.74) is 25.3. The average molecular weight is 744 g/mol. The summed E-state index contributed by atoms with van der Waals surface area (Å²) in [5, 5.41) is 30.2. The van der Waals surface area contributed by atoms with E-state index in [0.717, 1.165) is 0 Å². The lowest BCUT2D eigenvalue weighted by atomic mass is 9.95. The van der Waals surface area contributed by atoms with Gasteiger partial charge in [-0.3, -0.25) is 24.2 Å². The highest BCUT2D eigenvalue weighted by Gasteiger charge is 2.32. The Morgan fingerprint density at radius 2 is 1.31 bits per heavy atom. The fourth-order valence-electron chi connectivity index (χ4n) is 5.46. The van der Waals surface area contributed by atoms with E-state index in [4.69, 9.17) is 22.9 Å². The molecule has 4 amide bonds. The molecule has 0 saturated heterocycles. The van der Waals surface area contributed by atoms with Crippen LogP contribution in [-0.2, 0) is 36.8 Å². The third-order valence-electron chi connectivity index (χ3n) is 8.32. The van der Waals surface area contributed by atoms with Gasteiger partial charge in [-0.15, -0.1) is 0 Å². The summed E-state index contributed by atoms with van der Waals surface area (Å²) in [6.45, 7) is 4.12. The zero-order chi connectivity index (χ0) is 38.8. The number of aliphatic imine (C=N–C) groups is 1. The molecular weight excluding hydrogens is 691 g/mol. The highest BCUT2D eigenvalue weighted by molar-refractivity contribution is 7.80. The topological polar surface area (TPSA) is 290 Å². The zero-order valence-corrected chi connectivity index (χ0v) is 30.5. The Balaban J connectivity index is 2.40. The summed E-state index contributed by atoms with van der Waals surface area (Å²) in [7, 11) is 0. The number of hydrogen-bond acceptors (Lipinski definition) is 10. The van der Waals surface area contributed by atoms with Gasteiger partial charge < -0.3 is 54.4 Å². The van der Waals surface area contributed by atoms with Gasteiger partial charge in [-0.1, -0.05) is 30.3 Å². The molecule has 0 bridgehead atoms. The fraction of sp³-hybridized carbons (Fsp3) is 0.486. The number of aromatic hydroxyl groups is 1. The van der Waals surface area contributed by atoms with E-state index in [0.29, 0.717) is 48.1 Å². The van der Waals surface area contributed by atoms with Crippen molar-refractivity contribution in [3.63, 3.8) is 0 Å². The molecule has 52 heavy (non-hydrogen) atoms. The van der Waals surface area contributed by atoms with E-state index in [1.165, 1.54) is 12.1 Å². The van der Waals surface area contributed by atoms with E-state index in [-0.39, 0.29) is 49.7 Å². The number of aliphatic carboxylic acids is 1. The van der Waals surface area contributed by atoms with Crippen molar-refractivity contribution >= 4 is 48.2 Å². The number of carboxylic acids is 1. The van der Waals surface area contributed by atoms with Crippen LogP contribution in [0.25, 0.3) is 0 Å². The number of carbonyl (C=O) groups excluding carboxylic acids is 4. The fourth-order valence-corrected chi connectivity index (χ4v) is 5.71. The molecule has 0 unspecified atom stereocenters. The number of guanidine groups is 1. The number of nitrogens with one attached hydrogen (secondary N) is 4. The Kier molecular flexibility index (Phi) is 18.4. The number of carbonyl (C=O) groups is 5. The van der Waals surface area contributed by atoms with Crippen LogP contribution in [0.15, 0.2) is 47.5 Å². The average Bonchev–Trinajstić information content (AvgIpc) is 3.09. The normalized spacial score (nSPS) is 13.8. The van der Waals surface area contributed by atoms with Crippen LogP contribution >= 0.6 is 12.6 Å². The summed E-state index contributed by atoms with van der Waals surface area (Å²) >= 11 is 4.02. The van der Waals surface area contributed by atoms with E-state index in [2.05, 4.69) is 38.9 Å². The third-order valence-corrected chi connectivity index (χ3v) is 8.68. The highest BCUT2D eigenvalue weighted by atomic mass is 32.1. The molecule has 0 heterocycles. The maximum atomic E-state index is 14.0. The van der Waals surface area contributed by atoms with E-state index in [1.807, 2.05) is 0 Å². The van der Waals surface area contributed by atoms with Crippen molar-refractivity contribution in [1.82, 2.24) is 21.3 Å². The van der Waals surface area contributed by atoms with Gasteiger partial charge in [0.2, 0.25) is 23.6 Å². The number of thiol groups is 1. The minimum atomic E-state index is -1.31. The monoisotopic (exact) mass is 743 g/mol. The number of amides is 4. The van der Waals surface area contributed by atoms with Crippen LogP contribution in [0.2, 0.25) is 0 Å². The highest BCUT2D eigenvalue weighted by Crippen LogP contribution is 2.22. The lowest BCUT2D eigenvalue weighted by Gasteiger charge is -2.27. The van der Waals surface area contributed by atoms with Crippen LogP contribution in [-0.4, -0.2) is 94.8 Å². The van der Waals surface area contributed by atoms with Gasteiger partial charge in [0.15, 0.2) is 5.96 Å². The third kappa shape index (κ3) is 14.8.